The smallest absolute Gasteiger partial charge is 0.263 e. The third kappa shape index (κ3) is 2.61. The SMILES string of the molecule is COc1ccc(C(=O)C[C@]2(O)C(=O)N(C)c3ccc(Br)cc32)cc1. The lowest BCUT2D eigenvalue weighted by molar-refractivity contribution is -0.135. The molecule has 1 atom stereocenters. The van der Waals surface area contributed by atoms with Crippen molar-refractivity contribution in [3.63, 3.8) is 0 Å². The van der Waals surface area contributed by atoms with Crippen molar-refractivity contribution in [2.45, 2.75) is 12.0 Å². The van der Waals surface area contributed by atoms with Crippen LogP contribution in [0.3, 0.4) is 0 Å². The van der Waals surface area contributed by atoms with Gasteiger partial charge in [0.25, 0.3) is 5.91 Å². The molecule has 0 aliphatic carbocycles. The maximum absolute atomic E-state index is 12.6. The molecule has 24 heavy (non-hydrogen) atoms. The molecule has 2 aromatic carbocycles. The van der Waals surface area contributed by atoms with Crippen molar-refractivity contribution < 1.29 is 19.4 Å². The molecule has 5 nitrogen and oxygen atoms in total. The molecule has 0 fully saturated rings. The Morgan fingerprint density at radius 3 is 2.54 bits per heavy atom. The first-order chi connectivity index (χ1) is 11.4. The summed E-state index contributed by atoms with van der Waals surface area (Å²) in [5.74, 6) is -0.177. The monoisotopic (exact) mass is 389 g/mol. The van der Waals surface area contributed by atoms with Gasteiger partial charge < -0.3 is 14.7 Å². The van der Waals surface area contributed by atoms with E-state index in [1.165, 1.54) is 4.90 Å². The Hall–Kier alpha value is -2.18. The van der Waals surface area contributed by atoms with Crippen LogP contribution in [-0.4, -0.2) is 31.0 Å². The Morgan fingerprint density at radius 1 is 1.25 bits per heavy atom. The zero-order valence-electron chi connectivity index (χ0n) is 13.2. The maximum atomic E-state index is 12.6. The first-order valence-corrected chi connectivity index (χ1v) is 8.14. The summed E-state index contributed by atoms with van der Waals surface area (Å²) < 4.78 is 5.80. The van der Waals surface area contributed by atoms with Gasteiger partial charge >= 0.3 is 0 Å². The van der Waals surface area contributed by atoms with Gasteiger partial charge in [0.15, 0.2) is 11.4 Å². The fraction of sp³-hybridized carbons (Fsp3) is 0.222. The van der Waals surface area contributed by atoms with E-state index in [4.69, 9.17) is 4.74 Å². The van der Waals surface area contributed by atoms with E-state index < -0.39 is 11.5 Å². The number of amides is 1. The van der Waals surface area contributed by atoms with Crippen LogP contribution in [0.4, 0.5) is 5.69 Å². The molecule has 0 saturated carbocycles. The predicted molar refractivity (Wildman–Crippen MR) is 93.4 cm³/mol. The minimum Gasteiger partial charge on any atom is -0.497 e. The zero-order valence-corrected chi connectivity index (χ0v) is 14.8. The number of halogens is 1. The van der Waals surface area contributed by atoms with Gasteiger partial charge in [0.1, 0.15) is 5.75 Å². The summed E-state index contributed by atoms with van der Waals surface area (Å²) in [6, 6.07) is 11.8. The van der Waals surface area contributed by atoms with Crippen LogP contribution in [-0.2, 0) is 10.4 Å². The number of ether oxygens (including phenoxy) is 1. The van der Waals surface area contributed by atoms with E-state index in [9.17, 15) is 14.7 Å². The van der Waals surface area contributed by atoms with Crippen molar-refractivity contribution in [3.8, 4) is 5.75 Å². The first kappa shape index (κ1) is 16.7. The number of rotatable bonds is 4. The van der Waals surface area contributed by atoms with E-state index in [1.54, 1.807) is 56.6 Å². The van der Waals surface area contributed by atoms with E-state index in [2.05, 4.69) is 15.9 Å². The average molecular weight is 390 g/mol. The molecule has 6 heteroatoms. The first-order valence-electron chi connectivity index (χ1n) is 7.34. The number of methoxy groups -OCH3 is 1. The Labute approximate surface area is 148 Å². The Balaban J connectivity index is 1.95. The number of ketones is 1. The number of hydrogen-bond donors (Lipinski definition) is 1. The van der Waals surface area contributed by atoms with Gasteiger partial charge in [0.2, 0.25) is 0 Å². The fourth-order valence-corrected chi connectivity index (χ4v) is 3.28. The van der Waals surface area contributed by atoms with Crippen LogP contribution >= 0.6 is 15.9 Å². The van der Waals surface area contributed by atoms with Crippen LogP contribution < -0.4 is 9.64 Å². The summed E-state index contributed by atoms with van der Waals surface area (Å²) in [6.45, 7) is 0. The molecule has 0 radical (unpaired) electrons. The highest BCUT2D eigenvalue weighted by molar-refractivity contribution is 9.10. The number of aliphatic hydroxyl groups is 1. The molecule has 1 aliphatic heterocycles. The molecule has 0 spiro atoms. The number of carbonyl (C=O) groups is 2. The topological polar surface area (TPSA) is 66.8 Å². The van der Waals surface area contributed by atoms with Gasteiger partial charge in [-0.2, -0.15) is 0 Å². The van der Waals surface area contributed by atoms with Gasteiger partial charge in [-0.3, -0.25) is 9.59 Å². The van der Waals surface area contributed by atoms with Gasteiger partial charge in [-0.05, 0) is 42.5 Å². The van der Waals surface area contributed by atoms with E-state index in [0.29, 0.717) is 22.6 Å². The predicted octanol–water partition coefficient (Wildman–Crippen LogP) is 2.89. The van der Waals surface area contributed by atoms with Crippen molar-refractivity contribution in [1.29, 1.82) is 0 Å². The summed E-state index contributed by atoms with van der Waals surface area (Å²) >= 11 is 3.34. The third-order valence-electron chi connectivity index (χ3n) is 4.25. The van der Waals surface area contributed by atoms with E-state index in [1.807, 2.05) is 0 Å². The van der Waals surface area contributed by atoms with Crippen molar-refractivity contribution in [2.75, 3.05) is 19.1 Å². The molecule has 3 rings (SSSR count). The lowest BCUT2D eigenvalue weighted by Crippen LogP contribution is -2.40. The number of anilines is 1. The zero-order chi connectivity index (χ0) is 17.5. The van der Waals surface area contributed by atoms with Gasteiger partial charge in [-0.1, -0.05) is 15.9 Å². The Kier molecular flexibility index (Phi) is 4.19. The standard InChI is InChI=1S/C18H16BrNO4/c1-20-15-8-5-12(19)9-14(15)18(23,17(20)22)10-16(21)11-3-6-13(24-2)7-4-11/h3-9,23H,10H2,1-2H3/t18-/m1/s1. The number of carbonyl (C=O) groups excluding carboxylic acids is 2. The average Bonchev–Trinajstić information content (AvgIpc) is 2.76. The molecule has 0 bridgehead atoms. The summed E-state index contributed by atoms with van der Waals surface area (Å²) in [5.41, 5.74) is -0.396. The Bertz CT molecular complexity index is 818. The number of benzene rings is 2. The highest BCUT2D eigenvalue weighted by Gasteiger charge is 2.49. The number of hydrogen-bond acceptors (Lipinski definition) is 4. The normalized spacial score (nSPS) is 19.3. The summed E-state index contributed by atoms with van der Waals surface area (Å²) in [6.07, 6.45) is -0.314. The van der Waals surface area contributed by atoms with Crippen LogP contribution in [0.5, 0.6) is 5.75 Å². The maximum Gasteiger partial charge on any atom is 0.263 e. The third-order valence-corrected chi connectivity index (χ3v) is 4.75. The summed E-state index contributed by atoms with van der Waals surface area (Å²) in [7, 11) is 3.13. The second kappa shape index (κ2) is 6.03. The van der Waals surface area contributed by atoms with E-state index >= 15 is 0 Å². The molecule has 1 N–H and O–H groups in total. The largest absolute Gasteiger partial charge is 0.497 e. The molecule has 1 amide bonds. The highest BCUT2D eigenvalue weighted by atomic mass is 79.9. The second-order valence-corrected chi connectivity index (χ2v) is 6.63. The molecular weight excluding hydrogens is 374 g/mol. The minimum absolute atomic E-state index is 0.310. The van der Waals surface area contributed by atoms with E-state index in [-0.39, 0.29) is 12.2 Å². The van der Waals surface area contributed by atoms with Crippen LogP contribution in [0.15, 0.2) is 46.9 Å². The van der Waals surface area contributed by atoms with Crippen molar-refractivity contribution in [3.05, 3.63) is 58.1 Å². The lowest BCUT2D eigenvalue weighted by Gasteiger charge is -2.21. The van der Waals surface area contributed by atoms with Crippen LogP contribution in [0.1, 0.15) is 22.3 Å². The minimum atomic E-state index is -1.86. The lowest BCUT2D eigenvalue weighted by atomic mass is 9.88. The molecule has 0 unspecified atom stereocenters. The quantitative estimate of drug-likeness (QED) is 0.816. The highest BCUT2D eigenvalue weighted by Crippen LogP contribution is 2.43. The summed E-state index contributed by atoms with van der Waals surface area (Å²) in [4.78, 5) is 26.5. The number of fused-ring (bicyclic) bond motifs is 1. The Morgan fingerprint density at radius 2 is 1.92 bits per heavy atom. The molecule has 1 heterocycles. The van der Waals surface area contributed by atoms with Gasteiger partial charge in [0.05, 0.1) is 19.2 Å². The van der Waals surface area contributed by atoms with Gasteiger partial charge in [-0.15, -0.1) is 0 Å². The number of likely N-dealkylation sites (N-methyl/N-ethyl adjacent to an activating group) is 1. The number of nitrogens with zero attached hydrogens (tertiary/aromatic N) is 1. The molecule has 0 aromatic heterocycles. The second-order valence-electron chi connectivity index (χ2n) is 5.71. The van der Waals surface area contributed by atoms with Crippen LogP contribution in [0.25, 0.3) is 0 Å². The van der Waals surface area contributed by atoms with Crippen molar-refractivity contribution in [2.24, 2.45) is 0 Å². The molecular formula is C18H16BrNO4. The van der Waals surface area contributed by atoms with Gasteiger partial charge in [0, 0.05) is 22.6 Å². The fourth-order valence-electron chi connectivity index (χ4n) is 2.92. The molecule has 0 saturated heterocycles. The van der Waals surface area contributed by atoms with Crippen LogP contribution in [0.2, 0.25) is 0 Å². The van der Waals surface area contributed by atoms with Crippen molar-refractivity contribution >= 4 is 33.3 Å². The molecule has 1 aliphatic rings. The summed E-state index contributed by atoms with van der Waals surface area (Å²) in [5, 5.41) is 11.0. The molecule has 124 valence electrons. The molecule has 2 aromatic rings. The number of Topliss-reactive ketones (excluding diaryl/α,β-unsaturated/α-hetero) is 1. The van der Waals surface area contributed by atoms with Gasteiger partial charge in [-0.25, -0.2) is 0 Å². The van der Waals surface area contributed by atoms with Crippen molar-refractivity contribution in [1.82, 2.24) is 0 Å². The van der Waals surface area contributed by atoms with Crippen LogP contribution in [0, 0.1) is 0 Å². The van der Waals surface area contributed by atoms with E-state index in [0.717, 1.165) is 4.47 Å².